The van der Waals surface area contributed by atoms with Gasteiger partial charge in [-0.2, -0.15) is 0 Å². The van der Waals surface area contributed by atoms with Gasteiger partial charge in [0, 0.05) is 6.42 Å². The van der Waals surface area contributed by atoms with Gasteiger partial charge in [0.25, 0.3) is 0 Å². The lowest BCUT2D eigenvalue weighted by atomic mass is 10.0. The minimum absolute atomic E-state index is 0.0782. The van der Waals surface area contributed by atoms with Gasteiger partial charge in [-0.25, -0.2) is 0 Å². The molecule has 0 aromatic rings. The Morgan fingerprint density at radius 3 is 1.03 bits per heavy atom. The summed E-state index contributed by atoms with van der Waals surface area (Å²) in [4.78, 5) is 12.5. The fourth-order valence-electron chi connectivity index (χ4n) is 8.33. The molecule has 1 amide bonds. The fourth-order valence-corrected chi connectivity index (χ4v) is 8.33. The summed E-state index contributed by atoms with van der Waals surface area (Å²) in [5.74, 6) is -0.0782. The summed E-state index contributed by atoms with van der Waals surface area (Å²) in [6, 6.07) is -0.649. The number of aliphatic hydroxyl groups excluding tert-OH is 2. The van der Waals surface area contributed by atoms with Crippen LogP contribution in [0.2, 0.25) is 0 Å². The second kappa shape index (κ2) is 58.4. The number of aliphatic hydroxyl groups is 2. The summed E-state index contributed by atoms with van der Waals surface area (Å²) in [5.41, 5.74) is 0. The lowest BCUT2D eigenvalue weighted by molar-refractivity contribution is -0.123. The van der Waals surface area contributed by atoms with Gasteiger partial charge < -0.3 is 15.5 Å². The van der Waals surface area contributed by atoms with Crippen molar-refractivity contribution in [2.75, 3.05) is 6.61 Å². The average Bonchev–Trinajstić information content (AvgIpc) is 3.34. The molecule has 0 aromatic heterocycles. The third-order valence-corrected chi connectivity index (χ3v) is 12.7. The first-order valence-corrected chi connectivity index (χ1v) is 29.1. The Kier molecular flexibility index (Phi) is 55.8. The van der Waals surface area contributed by atoms with Crippen LogP contribution < -0.4 is 5.32 Å². The molecular weight excluding hydrogens is 831 g/mol. The topological polar surface area (TPSA) is 69.6 Å². The van der Waals surface area contributed by atoms with Crippen molar-refractivity contribution >= 4 is 5.91 Å². The second-order valence-electron chi connectivity index (χ2n) is 19.3. The third kappa shape index (κ3) is 54.0. The zero-order valence-electron chi connectivity index (χ0n) is 44.8. The summed E-state index contributed by atoms with van der Waals surface area (Å²) in [7, 11) is 0. The number of carbonyl (C=O) groups is 1. The maximum absolute atomic E-state index is 12.5. The zero-order chi connectivity index (χ0) is 49.2. The molecule has 0 fully saturated rings. The Hall–Kier alpha value is -2.95. The number of amides is 1. The molecule has 0 radical (unpaired) electrons. The predicted molar refractivity (Wildman–Crippen MR) is 303 cm³/mol. The summed E-state index contributed by atoms with van der Waals surface area (Å²) in [5, 5.41) is 23.1. The summed E-state index contributed by atoms with van der Waals surface area (Å²) >= 11 is 0. The Labute approximate surface area is 423 Å². The van der Waals surface area contributed by atoms with Crippen molar-refractivity contribution in [1.82, 2.24) is 5.32 Å². The van der Waals surface area contributed by atoms with E-state index in [0.29, 0.717) is 6.42 Å². The van der Waals surface area contributed by atoms with Gasteiger partial charge in [0.05, 0.1) is 18.8 Å². The van der Waals surface area contributed by atoms with Crippen molar-refractivity contribution in [2.24, 2.45) is 0 Å². The maximum Gasteiger partial charge on any atom is 0.220 e. The van der Waals surface area contributed by atoms with E-state index in [-0.39, 0.29) is 12.5 Å². The van der Waals surface area contributed by atoms with Crippen LogP contribution >= 0.6 is 0 Å². The largest absolute Gasteiger partial charge is 0.394 e. The van der Waals surface area contributed by atoms with Crippen LogP contribution in [0, 0.1) is 0 Å². The number of nitrogens with one attached hydrogen (secondary N) is 1. The molecule has 0 saturated heterocycles. The van der Waals surface area contributed by atoms with Crippen molar-refractivity contribution in [2.45, 2.75) is 283 Å². The highest BCUT2D eigenvalue weighted by molar-refractivity contribution is 5.76. The molecule has 0 aromatic carbocycles. The molecule has 4 heteroatoms. The van der Waals surface area contributed by atoms with E-state index in [4.69, 9.17) is 0 Å². The molecule has 0 spiro atoms. The van der Waals surface area contributed by atoms with Crippen LogP contribution in [0.4, 0.5) is 0 Å². The smallest absolute Gasteiger partial charge is 0.220 e. The SMILES string of the molecule is CC/C=C\C/C=C\C/C=C\C/C=C\C/C=C\C/C=C\CCCCCCCCCCCCCCCCCCCCCCC(=O)NC(CO)C(O)/C=C/CC/C=C/CC/C=C/CCCCCCCCC. The predicted octanol–water partition coefficient (Wildman–Crippen LogP) is 19.5. The Balaban J connectivity index is 3.51. The van der Waals surface area contributed by atoms with Crippen molar-refractivity contribution in [3.63, 3.8) is 0 Å². The number of unbranched alkanes of at least 4 members (excludes halogenated alkanes) is 29. The highest BCUT2D eigenvalue weighted by atomic mass is 16.3. The standard InChI is InChI=1S/C64H111NO3/c1-3-5-7-9-11-13-15-17-19-21-22-23-24-25-26-27-28-29-30-31-32-33-34-35-36-37-38-39-40-41-42-44-46-48-50-52-54-56-58-60-64(68)65-62(61-66)63(67)59-57-55-53-51-49-47-45-43-20-18-16-14-12-10-8-6-4-2/h5,7,11,13,17,19-20,22-23,25-26,28-29,43,49,51,57,59,62-63,66-67H,3-4,6,8-10,12,14-16,18,21,24,27,30-42,44-48,50,52-56,58,60-61H2,1-2H3,(H,65,68)/b7-5-,13-11-,19-17-,23-22-,26-25-,29-28-,43-20+,51-49+,59-57+. The Bertz CT molecular complexity index is 1300. The van der Waals surface area contributed by atoms with Crippen molar-refractivity contribution in [1.29, 1.82) is 0 Å². The highest BCUT2D eigenvalue weighted by Crippen LogP contribution is 2.16. The van der Waals surface area contributed by atoms with Gasteiger partial charge >= 0.3 is 0 Å². The lowest BCUT2D eigenvalue weighted by Gasteiger charge is -2.19. The summed E-state index contributed by atoms with van der Waals surface area (Å²) in [6.45, 7) is 4.18. The molecule has 0 saturated carbocycles. The average molecular weight is 943 g/mol. The zero-order valence-corrected chi connectivity index (χ0v) is 44.8. The minimum Gasteiger partial charge on any atom is -0.394 e. The van der Waals surface area contributed by atoms with Crippen LogP contribution in [0.1, 0.15) is 271 Å². The molecule has 0 aliphatic heterocycles. The van der Waals surface area contributed by atoms with Gasteiger partial charge in [-0.3, -0.25) is 4.79 Å². The quantitative estimate of drug-likeness (QED) is 0.0420. The van der Waals surface area contributed by atoms with Gasteiger partial charge in [0.2, 0.25) is 5.91 Å². The lowest BCUT2D eigenvalue weighted by Crippen LogP contribution is -2.45. The molecule has 0 heterocycles. The monoisotopic (exact) mass is 942 g/mol. The first kappa shape index (κ1) is 65.0. The van der Waals surface area contributed by atoms with Crippen LogP contribution in [0.3, 0.4) is 0 Å². The number of allylic oxidation sites excluding steroid dienone is 17. The molecule has 0 aliphatic rings. The fraction of sp³-hybridized carbons (Fsp3) is 0.703. The van der Waals surface area contributed by atoms with E-state index in [1.165, 1.54) is 173 Å². The summed E-state index contributed by atoms with van der Waals surface area (Å²) in [6.07, 6.45) is 88.3. The van der Waals surface area contributed by atoms with Gasteiger partial charge in [-0.05, 0) is 96.3 Å². The first-order valence-electron chi connectivity index (χ1n) is 29.1. The number of rotatable bonds is 52. The van der Waals surface area contributed by atoms with Crippen molar-refractivity contribution in [3.8, 4) is 0 Å². The van der Waals surface area contributed by atoms with Crippen LogP contribution in [0.25, 0.3) is 0 Å². The van der Waals surface area contributed by atoms with E-state index in [1.54, 1.807) is 6.08 Å². The minimum atomic E-state index is -0.874. The molecule has 390 valence electrons. The molecule has 0 aliphatic carbocycles. The van der Waals surface area contributed by atoms with E-state index in [2.05, 4.69) is 116 Å². The molecule has 0 bridgehead atoms. The van der Waals surface area contributed by atoms with E-state index >= 15 is 0 Å². The Morgan fingerprint density at radius 1 is 0.368 bits per heavy atom. The van der Waals surface area contributed by atoms with Gasteiger partial charge in [0.15, 0.2) is 0 Å². The molecule has 2 atom stereocenters. The van der Waals surface area contributed by atoms with E-state index in [0.717, 1.165) is 77.0 Å². The van der Waals surface area contributed by atoms with Gasteiger partial charge in [-0.1, -0.05) is 277 Å². The third-order valence-electron chi connectivity index (χ3n) is 12.7. The van der Waals surface area contributed by atoms with Crippen molar-refractivity contribution in [3.05, 3.63) is 109 Å². The summed E-state index contributed by atoms with van der Waals surface area (Å²) < 4.78 is 0. The molecule has 0 rings (SSSR count). The van der Waals surface area contributed by atoms with Crippen LogP contribution in [-0.4, -0.2) is 34.9 Å². The maximum atomic E-state index is 12.5. The number of hydrogen-bond acceptors (Lipinski definition) is 3. The van der Waals surface area contributed by atoms with E-state index in [9.17, 15) is 15.0 Å². The normalized spacial score (nSPS) is 13.6. The Morgan fingerprint density at radius 2 is 0.662 bits per heavy atom. The molecule has 3 N–H and O–H groups in total. The van der Waals surface area contributed by atoms with E-state index in [1.807, 2.05) is 6.08 Å². The van der Waals surface area contributed by atoms with Gasteiger partial charge in [0.1, 0.15) is 0 Å². The first-order chi connectivity index (χ1) is 33.7. The van der Waals surface area contributed by atoms with E-state index < -0.39 is 12.1 Å². The van der Waals surface area contributed by atoms with Crippen LogP contribution in [-0.2, 0) is 4.79 Å². The molecule has 4 nitrogen and oxygen atoms in total. The van der Waals surface area contributed by atoms with Crippen molar-refractivity contribution < 1.29 is 15.0 Å². The number of hydrogen-bond donors (Lipinski definition) is 3. The second-order valence-corrected chi connectivity index (χ2v) is 19.3. The van der Waals surface area contributed by atoms with Crippen LogP contribution in [0.15, 0.2) is 109 Å². The number of carbonyl (C=O) groups excluding carboxylic acids is 1. The van der Waals surface area contributed by atoms with Gasteiger partial charge in [-0.15, -0.1) is 0 Å². The molecule has 68 heavy (non-hydrogen) atoms. The molecular formula is C64H111NO3. The van der Waals surface area contributed by atoms with Crippen LogP contribution in [0.5, 0.6) is 0 Å². The molecule has 2 unspecified atom stereocenters. The highest BCUT2D eigenvalue weighted by Gasteiger charge is 2.18.